The fourth-order valence-electron chi connectivity index (χ4n) is 4.95. The molecule has 2 bridgehead atoms. The molecule has 1 saturated carbocycles. The van der Waals surface area contributed by atoms with E-state index in [2.05, 4.69) is 10.4 Å². The van der Waals surface area contributed by atoms with Gasteiger partial charge in [0.05, 0.1) is 30.2 Å². The molecule has 2 fully saturated rings. The minimum atomic E-state index is -0.472. The van der Waals surface area contributed by atoms with Gasteiger partial charge in [0, 0.05) is 5.69 Å². The summed E-state index contributed by atoms with van der Waals surface area (Å²) in [5.41, 5.74) is 0.900. The number of rotatable bonds is 7. The average molecular weight is 498 g/mol. The topological polar surface area (TPSA) is 97.3 Å². The predicted molar refractivity (Wildman–Crippen MR) is 126 cm³/mol. The third-order valence-corrected chi connectivity index (χ3v) is 6.78. The standard InChI is InChI=1S/C25H21ClFN3O5/c1-34-19-9-13(11-28-30-24(32)21-14-2-3-15(10-14)22(21)25(30)33)8-18(26)23(19)35-12-20(31)29-17-6-4-16(27)5-7-17/h2-9,11,14-15,21-22H,10,12H2,1H3,(H,29,31). The lowest BCUT2D eigenvalue weighted by molar-refractivity contribution is -0.140. The number of benzene rings is 2. The second-order valence-electron chi connectivity index (χ2n) is 8.61. The van der Waals surface area contributed by atoms with Gasteiger partial charge < -0.3 is 14.8 Å². The molecule has 3 aliphatic rings. The first-order chi connectivity index (χ1) is 16.9. The van der Waals surface area contributed by atoms with E-state index in [1.807, 2.05) is 12.2 Å². The highest BCUT2D eigenvalue weighted by atomic mass is 35.5. The van der Waals surface area contributed by atoms with E-state index in [1.165, 1.54) is 43.7 Å². The molecule has 8 nitrogen and oxygen atoms in total. The number of anilines is 1. The molecule has 10 heteroatoms. The van der Waals surface area contributed by atoms with Crippen molar-refractivity contribution in [2.75, 3.05) is 19.0 Å². The van der Waals surface area contributed by atoms with Crippen molar-refractivity contribution < 1.29 is 28.2 Å². The van der Waals surface area contributed by atoms with Crippen LogP contribution in [0.4, 0.5) is 10.1 Å². The number of ether oxygens (including phenoxy) is 2. The molecule has 1 N–H and O–H groups in total. The van der Waals surface area contributed by atoms with Crippen LogP contribution in [-0.2, 0) is 14.4 Å². The van der Waals surface area contributed by atoms with E-state index in [0.717, 1.165) is 11.4 Å². The van der Waals surface area contributed by atoms with Gasteiger partial charge in [-0.2, -0.15) is 10.1 Å². The van der Waals surface area contributed by atoms with Crippen molar-refractivity contribution in [1.29, 1.82) is 0 Å². The Kier molecular flexibility index (Phi) is 6.02. The smallest absolute Gasteiger partial charge is 0.262 e. The number of hydrogen-bond donors (Lipinski definition) is 1. The second-order valence-corrected chi connectivity index (χ2v) is 9.02. The summed E-state index contributed by atoms with van der Waals surface area (Å²) in [6.45, 7) is -0.364. The number of halogens is 2. The zero-order chi connectivity index (χ0) is 24.7. The van der Waals surface area contributed by atoms with Crippen molar-refractivity contribution in [3.8, 4) is 11.5 Å². The fraction of sp³-hybridized carbons (Fsp3) is 0.280. The Hall–Kier alpha value is -3.72. The molecule has 0 aromatic heterocycles. The highest BCUT2D eigenvalue weighted by Gasteiger charge is 2.59. The van der Waals surface area contributed by atoms with E-state index < -0.39 is 11.7 Å². The van der Waals surface area contributed by atoms with Crippen molar-refractivity contribution in [3.05, 3.63) is 65.0 Å². The van der Waals surface area contributed by atoms with Gasteiger partial charge in [-0.25, -0.2) is 4.39 Å². The average Bonchev–Trinajstić information content (AvgIpc) is 3.52. The molecule has 0 radical (unpaired) electrons. The lowest BCUT2D eigenvalue weighted by atomic mass is 9.85. The lowest BCUT2D eigenvalue weighted by Gasteiger charge is -2.14. The molecule has 1 heterocycles. The monoisotopic (exact) mass is 497 g/mol. The summed E-state index contributed by atoms with van der Waals surface area (Å²) in [4.78, 5) is 37.7. The number of hydrogen-bond acceptors (Lipinski definition) is 6. The quantitative estimate of drug-likeness (QED) is 0.358. The maximum atomic E-state index is 13.0. The third-order valence-electron chi connectivity index (χ3n) is 6.50. The number of carbonyl (C=O) groups excluding carboxylic acids is 3. The van der Waals surface area contributed by atoms with Gasteiger partial charge in [-0.15, -0.1) is 0 Å². The predicted octanol–water partition coefficient (Wildman–Crippen LogP) is 3.65. The molecule has 4 unspecified atom stereocenters. The first-order valence-corrected chi connectivity index (χ1v) is 11.4. The summed E-state index contributed by atoms with van der Waals surface area (Å²) >= 11 is 6.36. The Labute approximate surface area is 205 Å². The summed E-state index contributed by atoms with van der Waals surface area (Å²) in [5.74, 6) is -1.51. The van der Waals surface area contributed by atoms with Crippen LogP contribution >= 0.6 is 11.6 Å². The van der Waals surface area contributed by atoms with Gasteiger partial charge in [0.25, 0.3) is 17.7 Å². The molecule has 2 aliphatic carbocycles. The zero-order valence-corrected chi connectivity index (χ0v) is 19.4. The van der Waals surface area contributed by atoms with Crippen molar-refractivity contribution in [2.45, 2.75) is 6.42 Å². The van der Waals surface area contributed by atoms with Gasteiger partial charge in [0.1, 0.15) is 5.82 Å². The Balaban J connectivity index is 1.26. The molecule has 2 aromatic rings. The lowest BCUT2D eigenvalue weighted by Crippen LogP contribution is -2.28. The Morgan fingerprint density at radius 1 is 1.17 bits per heavy atom. The van der Waals surface area contributed by atoms with Crippen LogP contribution < -0.4 is 14.8 Å². The molecule has 4 atom stereocenters. The molecule has 35 heavy (non-hydrogen) atoms. The van der Waals surface area contributed by atoms with Crippen LogP contribution in [0.15, 0.2) is 53.7 Å². The van der Waals surface area contributed by atoms with E-state index in [1.54, 1.807) is 6.07 Å². The van der Waals surface area contributed by atoms with Gasteiger partial charge in [0.15, 0.2) is 18.1 Å². The molecule has 180 valence electrons. The number of nitrogens with one attached hydrogen (secondary N) is 1. The van der Waals surface area contributed by atoms with Crippen LogP contribution in [0.25, 0.3) is 0 Å². The highest BCUT2D eigenvalue weighted by molar-refractivity contribution is 6.32. The maximum Gasteiger partial charge on any atom is 0.262 e. The van der Waals surface area contributed by atoms with Crippen molar-refractivity contribution in [1.82, 2.24) is 5.01 Å². The Morgan fingerprint density at radius 3 is 2.46 bits per heavy atom. The maximum absolute atomic E-state index is 13.0. The van der Waals surface area contributed by atoms with Crippen molar-refractivity contribution in [3.63, 3.8) is 0 Å². The normalized spacial score (nSPS) is 24.4. The zero-order valence-electron chi connectivity index (χ0n) is 18.6. The Morgan fingerprint density at radius 2 is 1.83 bits per heavy atom. The Bertz CT molecular complexity index is 1230. The number of carbonyl (C=O) groups is 3. The van der Waals surface area contributed by atoms with Gasteiger partial charge in [-0.05, 0) is 60.2 Å². The molecule has 3 amide bonds. The van der Waals surface area contributed by atoms with Crippen LogP contribution in [0.3, 0.4) is 0 Å². The first-order valence-electron chi connectivity index (χ1n) is 11.0. The van der Waals surface area contributed by atoms with E-state index in [0.29, 0.717) is 11.3 Å². The minimum Gasteiger partial charge on any atom is -0.493 e. The molecule has 2 aromatic carbocycles. The first kappa shape index (κ1) is 23.0. The van der Waals surface area contributed by atoms with Crippen molar-refractivity contribution >= 4 is 41.2 Å². The number of nitrogens with zero attached hydrogens (tertiary/aromatic N) is 2. The van der Waals surface area contributed by atoms with Crippen LogP contribution in [0.5, 0.6) is 11.5 Å². The number of hydrazone groups is 1. The van der Waals surface area contributed by atoms with Gasteiger partial charge in [-0.3, -0.25) is 14.4 Å². The summed E-state index contributed by atoms with van der Waals surface area (Å²) in [6.07, 6.45) is 6.26. The van der Waals surface area contributed by atoms with E-state index in [9.17, 15) is 18.8 Å². The van der Waals surface area contributed by atoms with E-state index in [4.69, 9.17) is 21.1 Å². The van der Waals surface area contributed by atoms with Crippen LogP contribution in [0, 0.1) is 29.5 Å². The van der Waals surface area contributed by atoms with Crippen LogP contribution in [0.2, 0.25) is 5.02 Å². The SMILES string of the molecule is COc1cc(C=NN2C(=O)C3C4C=CC(C4)C3C2=O)cc(Cl)c1OCC(=O)Nc1ccc(F)cc1. The number of imide groups is 1. The molecule has 1 aliphatic heterocycles. The number of methoxy groups -OCH3 is 1. The molecule has 1 saturated heterocycles. The molecule has 0 spiro atoms. The number of amides is 3. The van der Waals surface area contributed by atoms with E-state index in [-0.39, 0.29) is 58.6 Å². The van der Waals surface area contributed by atoms with Gasteiger partial charge >= 0.3 is 0 Å². The van der Waals surface area contributed by atoms with E-state index >= 15 is 0 Å². The largest absolute Gasteiger partial charge is 0.493 e. The number of fused-ring (bicyclic) bond motifs is 5. The summed E-state index contributed by atoms with van der Waals surface area (Å²) in [5, 5.41) is 7.83. The highest BCUT2D eigenvalue weighted by Crippen LogP contribution is 2.52. The minimum absolute atomic E-state index is 0.105. The fourth-order valence-corrected chi connectivity index (χ4v) is 5.22. The van der Waals surface area contributed by atoms with Crippen LogP contribution in [0.1, 0.15) is 12.0 Å². The third kappa shape index (κ3) is 4.27. The second kappa shape index (κ2) is 9.14. The molecular weight excluding hydrogens is 477 g/mol. The molecule has 5 rings (SSSR count). The number of allylic oxidation sites excluding steroid dienone is 2. The summed E-state index contributed by atoms with van der Waals surface area (Å²) in [7, 11) is 1.41. The van der Waals surface area contributed by atoms with Crippen molar-refractivity contribution in [2.24, 2.45) is 28.8 Å². The summed E-state index contributed by atoms with van der Waals surface area (Å²) < 4.78 is 23.9. The van der Waals surface area contributed by atoms with Crippen LogP contribution in [-0.4, -0.2) is 42.7 Å². The van der Waals surface area contributed by atoms with Gasteiger partial charge in [0.2, 0.25) is 0 Å². The molecular formula is C25H21ClFN3O5. The summed E-state index contributed by atoms with van der Waals surface area (Å²) in [6, 6.07) is 8.41. The van der Waals surface area contributed by atoms with Gasteiger partial charge in [-0.1, -0.05) is 23.8 Å².